The molecule has 1 saturated heterocycles. The topological polar surface area (TPSA) is 156 Å². The fraction of sp³-hybridized carbons (Fsp3) is 0.467. The number of piperidine rings is 1. The van der Waals surface area contributed by atoms with E-state index in [4.69, 9.17) is 16.6 Å². The maximum atomic E-state index is 13.4. The van der Waals surface area contributed by atoms with Gasteiger partial charge in [0.05, 0.1) is 5.71 Å². The van der Waals surface area contributed by atoms with Gasteiger partial charge in [0.15, 0.2) is 5.82 Å². The highest BCUT2D eigenvalue weighted by Gasteiger charge is 2.40. The van der Waals surface area contributed by atoms with Gasteiger partial charge in [-0.25, -0.2) is 0 Å². The van der Waals surface area contributed by atoms with E-state index in [-0.39, 0.29) is 55.3 Å². The van der Waals surface area contributed by atoms with Gasteiger partial charge in [0.25, 0.3) is 5.91 Å². The summed E-state index contributed by atoms with van der Waals surface area (Å²) < 4.78 is 2.09. The largest absolute Gasteiger partial charge is 0.326 e. The molecule has 60 heavy (non-hydrogen) atoms. The molecule has 15 heteroatoms. The molecule has 0 spiro atoms. The van der Waals surface area contributed by atoms with Gasteiger partial charge in [-0.15, -0.1) is 33.9 Å². The molecule has 12 nitrogen and oxygen atoms in total. The predicted molar refractivity (Wildman–Crippen MR) is 237 cm³/mol. The normalized spacial score (nSPS) is 17.0. The Morgan fingerprint density at radius 1 is 0.883 bits per heavy atom. The minimum absolute atomic E-state index is 0. The van der Waals surface area contributed by atoms with Gasteiger partial charge in [-0.3, -0.25) is 38.8 Å². The van der Waals surface area contributed by atoms with Crippen LogP contribution in [0.1, 0.15) is 151 Å². The first-order chi connectivity index (χ1) is 28.5. The van der Waals surface area contributed by atoms with E-state index in [9.17, 15) is 24.0 Å². The van der Waals surface area contributed by atoms with Gasteiger partial charge in [-0.1, -0.05) is 81.2 Å². The van der Waals surface area contributed by atoms with Crippen LogP contribution in [-0.2, 0) is 25.7 Å². The third-order valence-corrected chi connectivity index (χ3v) is 13.2. The van der Waals surface area contributed by atoms with Crippen LogP contribution in [0.25, 0.3) is 5.00 Å². The summed E-state index contributed by atoms with van der Waals surface area (Å²) in [6, 6.07) is 11.8. The molecule has 1 fully saturated rings. The number of aromatic nitrogens is 3. The van der Waals surface area contributed by atoms with E-state index in [2.05, 4.69) is 39.2 Å². The van der Waals surface area contributed by atoms with Crippen molar-refractivity contribution in [3.63, 3.8) is 0 Å². The van der Waals surface area contributed by atoms with Crippen molar-refractivity contribution in [2.24, 2.45) is 4.99 Å². The summed E-state index contributed by atoms with van der Waals surface area (Å²) in [5.74, 6) is 0.557. The van der Waals surface area contributed by atoms with Gasteiger partial charge < -0.3 is 10.2 Å². The number of Topliss-reactive ketones (excluding diaryl/α,β-unsaturated/α-hetero) is 1. The number of hydrogen-bond donors (Lipinski definition) is 2. The lowest BCUT2D eigenvalue weighted by Gasteiger charge is -2.29. The van der Waals surface area contributed by atoms with E-state index in [0.717, 1.165) is 91.9 Å². The summed E-state index contributed by atoms with van der Waals surface area (Å²) in [6.45, 7) is 6.41. The average Bonchev–Trinajstić information content (AvgIpc) is 3.82. The van der Waals surface area contributed by atoms with E-state index in [0.29, 0.717) is 46.9 Å². The van der Waals surface area contributed by atoms with Crippen molar-refractivity contribution in [2.45, 2.75) is 136 Å². The first kappa shape index (κ1) is 44.8. The van der Waals surface area contributed by atoms with Crippen molar-refractivity contribution in [3.05, 3.63) is 91.8 Å². The smallest absolute Gasteiger partial charge is 0.255 e. The molecule has 318 valence electrons. The van der Waals surface area contributed by atoms with Gasteiger partial charge in [-0.05, 0) is 69.9 Å². The number of carbonyl (C=O) groups excluding carboxylic acids is 5. The molecular weight excluding hydrogens is 822 g/mol. The number of nitrogens with zero attached hydrogens (tertiary/aromatic N) is 5. The third-order valence-electron chi connectivity index (χ3n) is 11.7. The maximum Gasteiger partial charge on any atom is 0.255 e. The SMILES string of the molecule is Cc1sc2c(c1C)C(c1ccc(Cl)cc1)=N[C@@H](CC(=O)CCCCCCCCCCCCC(=O)Nc1cccc3c1CN(C1CCC(=O)NC1=O)C3=O)c1nnc(C)n1-2.Cl. The number of aryl methyl sites for hydroxylation is 2. The second-order valence-electron chi connectivity index (χ2n) is 16.0. The Hall–Kier alpha value is -4.72. The number of aliphatic imine (C=N–C) groups is 1. The number of hydrogen-bond acceptors (Lipinski definition) is 9. The molecular formula is C45H53Cl2N7O5S. The lowest BCUT2D eigenvalue weighted by atomic mass is 9.99. The molecule has 1 unspecified atom stereocenters. The zero-order valence-corrected chi connectivity index (χ0v) is 36.9. The van der Waals surface area contributed by atoms with E-state index >= 15 is 0 Å². The summed E-state index contributed by atoms with van der Waals surface area (Å²) in [5, 5.41) is 16.0. The molecule has 3 aliphatic rings. The molecule has 2 aromatic heterocycles. The Bertz CT molecular complexity index is 2280. The molecule has 2 N–H and O–H groups in total. The van der Waals surface area contributed by atoms with Crippen LogP contribution in [0.3, 0.4) is 0 Å². The highest BCUT2D eigenvalue weighted by atomic mass is 35.5. The molecule has 0 bridgehead atoms. The monoisotopic (exact) mass is 873 g/mol. The second kappa shape index (κ2) is 20.2. The van der Waals surface area contributed by atoms with Gasteiger partial charge in [0.1, 0.15) is 28.7 Å². The van der Waals surface area contributed by atoms with Crippen LogP contribution in [-0.4, -0.2) is 60.8 Å². The minimum atomic E-state index is -0.693. The lowest BCUT2D eigenvalue weighted by Crippen LogP contribution is -2.52. The van der Waals surface area contributed by atoms with Crippen molar-refractivity contribution in [1.29, 1.82) is 0 Å². The Balaban J connectivity index is 0.00000604. The van der Waals surface area contributed by atoms with E-state index in [1.165, 1.54) is 15.3 Å². The van der Waals surface area contributed by atoms with Gasteiger partial charge >= 0.3 is 0 Å². The predicted octanol–water partition coefficient (Wildman–Crippen LogP) is 9.26. The molecule has 5 heterocycles. The number of anilines is 1. The quantitative estimate of drug-likeness (QED) is 0.0746. The number of fused-ring (bicyclic) bond motifs is 4. The van der Waals surface area contributed by atoms with Gasteiger partial charge in [0, 0.05) is 70.1 Å². The van der Waals surface area contributed by atoms with Crippen molar-refractivity contribution >= 4 is 76.2 Å². The maximum absolute atomic E-state index is 13.4. The van der Waals surface area contributed by atoms with E-state index < -0.39 is 18.0 Å². The Morgan fingerprint density at radius 2 is 1.55 bits per heavy atom. The number of nitrogens with one attached hydrogen (secondary N) is 2. The highest BCUT2D eigenvalue weighted by molar-refractivity contribution is 7.15. The molecule has 0 aliphatic carbocycles. The third kappa shape index (κ3) is 10.1. The number of amides is 4. The van der Waals surface area contributed by atoms with Crippen LogP contribution in [0, 0.1) is 20.8 Å². The molecule has 3 aliphatic heterocycles. The standard InChI is InChI=1S/C45H52ClN7O5S.ClH/c1-27-28(2)59-45-40(27)41(30-19-21-31(46)22-20-30)48-36(42-51-50-29(3)53(42)45)25-32(54)15-12-10-8-6-4-5-7-9-11-13-18-38(55)47-35-17-14-16-33-34(35)26-52(44(33)58)37-23-24-39(56)49-43(37)57;/h14,16-17,19-22,36-37H,4-13,15,18,23-26H2,1-3H3,(H,47,55)(H,49,56,57);1H/t36-,37?;/m0./s1. The van der Waals surface area contributed by atoms with Crippen LogP contribution in [0.5, 0.6) is 0 Å². The first-order valence-corrected chi connectivity index (χ1v) is 22.1. The van der Waals surface area contributed by atoms with Gasteiger partial charge in [0.2, 0.25) is 17.7 Å². The van der Waals surface area contributed by atoms with Crippen molar-refractivity contribution in [1.82, 2.24) is 25.0 Å². The number of imide groups is 1. The Labute approximate surface area is 366 Å². The molecule has 2 aromatic carbocycles. The van der Waals surface area contributed by atoms with Crippen molar-refractivity contribution in [2.75, 3.05) is 5.32 Å². The van der Waals surface area contributed by atoms with Crippen LogP contribution < -0.4 is 10.6 Å². The molecule has 4 amide bonds. The number of unbranched alkanes of at least 4 members (excludes halogenated alkanes) is 9. The van der Waals surface area contributed by atoms with Crippen LogP contribution >= 0.6 is 35.3 Å². The fourth-order valence-electron chi connectivity index (χ4n) is 8.39. The minimum Gasteiger partial charge on any atom is -0.326 e. The number of ketones is 1. The molecule has 2 atom stereocenters. The van der Waals surface area contributed by atoms with Crippen LogP contribution in [0.2, 0.25) is 5.02 Å². The van der Waals surface area contributed by atoms with E-state index in [1.807, 2.05) is 31.2 Å². The van der Waals surface area contributed by atoms with Crippen LogP contribution in [0.15, 0.2) is 47.5 Å². The highest BCUT2D eigenvalue weighted by Crippen LogP contribution is 2.40. The molecule has 0 saturated carbocycles. The first-order valence-electron chi connectivity index (χ1n) is 20.9. The van der Waals surface area contributed by atoms with Crippen LogP contribution in [0.4, 0.5) is 5.69 Å². The summed E-state index contributed by atoms with van der Waals surface area (Å²) in [7, 11) is 0. The number of carbonyl (C=O) groups is 5. The second-order valence-corrected chi connectivity index (χ2v) is 17.6. The Kier molecular flexibility index (Phi) is 15.1. The number of benzene rings is 2. The zero-order chi connectivity index (χ0) is 41.6. The van der Waals surface area contributed by atoms with Gasteiger partial charge in [-0.2, -0.15) is 0 Å². The number of rotatable bonds is 18. The van der Waals surface area contributed by atoms with E-state index in [1.54, 1.807) is 29.5 Å². The molecule has 7 rings (SSSR count). The zero-order valence-electron chi connectivity index (χ0n) is 34.5. The average molecular weight is 875 g/mol. The fourth-order valence-corrected chi connectivity index (χ4v) is 9.73. The summed E-state index contributed by atoms with van der Waals surface area (Å²) in [6.07, 6.45) is 12.1. The van der Waals surface area contributed by atoms with Crippen molar-refractivity contribution in [3.8, 4) is 5.00 Å². The Morgan fingerprint density at radius 3 is 2.23 bits per heavy atom. The number of halogens is 2. The number of thiophene rings is 1. The molecule has 0 radical (unpaired) electrons. The summed E-state index contributed by atoms with van der Waals surface area (Å²) in [5.41, 5.74) is 5.84. The summed E-state index contributed by atoms with van der Waals surface area (Å²) in [4.78, 5) is 71.2. The molecule has 4 aromatic rings. The summed E-state index contributed by atoms with van der Waals surface area (Å²) >= 11 is 7.94. The van der Waals surface area contributed by atoms with Crippen molar-refractivity contribution < 1.29 is 24.0 Å². The lowest BCUT2D eigenvalue weighted by molar-refractivity contribution is -0.137.